The number of ether oxygens (including phenoxy) is 2. The maximum absolute atomic E-state index is 8.62. The van der Waals surface area contributed by atoms with Crippen LogP contribution in [-0.4, -0.2) is 31.0 Å². The first-order chi connectivity index (χ1) is 8.38. The van der Waals surface area contributed by atoms with Gasteiger partial charge >= 0.3 is 0 Å². The number of rotatable bonds is 7. The van der Waals surface area contributed by atoms with Crippen LogP contribution >= 0.6 is 0 Å². The van der Waals surface area contributed by atoms with Crippen molar-refractivity contribution in [3.05, 3.63) is 35.9 Å². The van der Waals surface area contributed by atoms with Crippen LogP contribution in [0.25, 0.3) is 0 Å². The van der Waals surface area contributed by atoms with E-state index in [2.05, 4.69) is 12.1 Å². The largest absolute Gasteiger partial charge is 0.394 e. The van der Waals surface area contributed by atoms with E-state index in [0.29, 0.717) is 25.2 Å². The van der Waals surface area contributed by atoms with Crippen molar-refractivity contribution in [2.45, 2.75) is 25.6 Å². The smallest absolute Gasteiger partial charge is 0.0717 e. The average molecular weight is 236 g/mol. The van der Waals surface area contributed by atoms with Gasteiger partial charge in [0.05, 0.1) is 32.5 Å². The van der Waals surface area contributed by atoms with E-state index < -0.39 is 0 Å². The molecule has 0 spiro atoms. The average Bonchev–Trinajstić information content (AvgIpc) is 2.32. The molecular weight excluding hydrogens is 216 g/mol. The molecule has 0 aliphatic heterocycles. The fourth-order valence-corrected chi connectivity index (χ4v) is 2.08. The minimum absolute atomic E-state index is 0.117. The minimum atomic E-state index is 0.117. The number of aliphatic hydroxyl groups excluding tert-OH is 1. The summed E-state index contributed by atoms with van der Waals surface area (Å²) < 4.78 is 11.1. The van der Waals surface area contributed by atoms with E-state index in [1.54, 1.807) is 0 Å². The van der Waals surface area contributed by atoms with Gasteiger partial charge in [0.2, 0.25) is 0 Å². The molecule has 2 rings (SSSR count). The van der Waals surface area contributed by atoms with Gasteiger partial charge in [0.25, 0.3) is 0 Å². The summed E-state index contributed by atoms with van der Waals surface area (Å²) in [4.78, 5) is 0. The van der Waals surface area contributed by atoms with Crippen molar-refractivity contribution >= 4 is 0 Å². The lowest BCUT2D eigenvalue weighted by atomic mass is 9.83. The van der Waals surface area contributed by atoms with Gasteiger partial charge in [0, 0.05) is 0 Å². The van der Waals surface area contributed by atoms with E-state index in [9.17, 15) is 0 Å². The Morgan fingerprint density at radius 3 is 2.65 bits per heavy atom. The second-order valence-electron chi connectivity index (χ2n) is 4.55. The molecule has 1 aromatic carbocycles. The first-order valence-corrected chi connectivity index (χ1v) is 6.22. The standard InChI is InChI=1S/C14H20O3/c15-6-7-17-14-8-13(9-14)11-16-10-12-4-2-1-3-5-12/h1-5,13-15H,6-11H2. The van der Waals surface area contributed by atoms with Crippen LogP contribution in [-0.2, 0) is 16.1 Å². The molecule has 0 atom stereocenters. The van der Waals surface area contributed by atoms with Gasteiger partial charge in [-0.1, -0.05) is 30.3 Å². The maximum Gasteiger partial charge on any atom is 0.0717 e. The Morgan fingerprint density at radius 2 is 1.94 bits per heavy atom. The van der Waals surface area contributed by atoms with Crippen LogP contribution in [0.5, 0.6) is 0 Å². The van der Waals surface area contributed by atoms with Crippen LogP contribution in [0.2, 0.25) is 0 Å². The molecule has 0 bridgehead atoms. The summed E-state index contributed by atoms with van der Waals surface area (Å²) in [6, 6.07) is 10.2. The zero-order chi connectivity index (χ0) is 11.9. The van der Waals surface area contributed by atoms with Crippen molar-refractivity contribution < 1.29 is 14.6 Å². The van der Waals surface area contributed by atoms with E-state index in [1.807, 2.05) is 18.2 Å². The molecule has 0 amide bonds. The predicted octanol–water partition coefficient (Wildman–Crippen LogP) is 1.99. The SMILES string of the molecule is OCCOC1CC(COCc2ccccc2)C1. The molecule has 3 heteroatoms. The maximum atomic E-state index is 8.62. The Balaban J connectivity index is 1.53. The van der Waals surface area contributed by atoms with E-state index in [-0.39, 0.29) is 6.61 Å². The highest BCUT2D eigenvalue weighted by atomic mass is 16.5. The number of hydrogen-bond donors (Lipinski definition) is 1. The summed E-state index contributed by atoms with van der Waals surface area (Å²) in [7, 11) is 0. The van der Waals surface area contributed by atoms with Gasteiger partial charge < -0.3 is 14.6 Å². The van der Waals surface area contributed by atoms with E-state index >= 15 is 0 Å². The molecule has 1 aliphatic rings. The summed E-state index contributed by atoms with van der Waals surface area (Å²) in [5.41, 5.74) is 1.22. The molecule has 0 heterocycles. The van der Waals surface area contributed by atoms with Gasteiger partial charge in [-0.2, -0.15) is 0 Å². The third kappa shape index (κ3) is 4.11. The Kier molecular flexibility index (Phi) is 4.98. The summed E-state index contributed by atoms with van der Waals surface area (Å²) >= 11 is 0. The molecule has 1 N–H and O–H groups in total. The van der Waals surface area contributed by atoms with Crippen LogP contribution < -0.4 is 0 Å². The van der Waals surface area contributed by atoms with Crippen molar-refractivity contribution in [2.75, 3.05) is 19.8 Å². The Morgan fingerprint density at radius 1 is 1.18 bits per heavy atom. The van der Waals surface area contributed by atoms with Gasteiger partial charge in [0.1, 0.15) is 0 Å². The van der Waals surface area contributed by atoms with Gasteiger partial charge in [-0.15, -0.1) is 0 Å². The molecular formula is C14H20O3. The third-order valence-electron chi connectivity index (χ3n) is 3.10. The lowest BCUT2D eigenvalue weighted by Crippen LogP contribution is -2.34. The zero-order valence-electron chi connectivity index (χ0n) is 10.0. The molecule has 17 heavy (non-hydrogen) atoms. The molecule has 94 valence electrons. The highest BCUT2D eigenvalue weighted by Crippen LogP contribution is 2.30. The Labute approximate surface area is 102 Å². The van der Waals surface area contributed by atoms with Crippen LogP contribution in [0.15, 0.2) is 30.3 Å². The molecule has 1 aromatic rings. The molecule has 0 aromatic heterocycles. The van der Waals surface area contributed by atoms with Crippen molar-refractivity contribution in [3.63, 3.8) is 0 Å². The van der Waals surface area contributed by atoms with Gasteiger partial charge in [-0.25, -0.2) is 0 Å². The molecule has 1 fully saturated rings. The van der Waals surface area contributed by atoms with Crippen molar-refractivity contribution in [1.29, 1.82) is 0 Å². The van der Waals surface area contributed by atoms with E-state index in [1.165, 1.54) is 5.56 Å². The van der Waals surface area contributed by atoms with Crippen LogP contribution in [0.3, 0.4) is 0 Å². The first kappa shape index (κ1) is 12.6. The summed E-state index contributed by atoms with van der Waals surface area (Å²) in [5.74, 6) is 0.627. The molecule has 0 radical (unpaired) electrons. The highest BCUT2D eigenvalue weighted by Gasteiger charge is 2.29. The second-order valence-corrected chi connectivity index (χ2v) is 4.55. The number of hydrogen-bond acceptors (Lipinski definition) is 3. The highest BCUT2D eigenvalue weighted by molar-refractivity contribution is 5.13. The molecule has 1 saturated carbocycles. The Bertz CT molecular complexity index is 307. The quantitative estimate of drug-likeness (QED) is 0.787. The number of aliphatic hydroxyl groups is 1. The fraction of sp³-hybridized carbons (Fsp3) is 0.571. The topological polar surface area (TPSA) is 38.7 Å². The summed E-state index contributed by atoms with van der Waals surface area (Å²) in [6.45, 7) is 2.08. The normalized spacial score (nSPS) is 23.4. The summed E-state index contributed by atoms with van der Waals surface area (Å²) in [5, 5.41) is 8.62. The van der Waals surface area contributed by atoms with Crippen molar-refractivity contribution in [3.8, 4) is 0 Å². The van der Waals surface area contributed by atoms with Crippen LogP contribution in [0.4, 0.5) is 0 Å². The van der Waals surface area contributed by atoms with E-state index in [0.717, 1.165) is 19.4 Å². The van der Waals surface area contributed by atoms with Gasteiger partial charge in [0.15, 0.2) is 0 Å². The van der Waals surface area contributed by atoms with Crippen LogP contribution in [0.1, 0.15) is 18.4 Å². The zero-order valence-corrected chi connectivity index (χ0v) is 10.0. The first-order valence-electron chi connectivity index (χ1n) is 6.22. The minimum Gasteiger partial charge on any atom is -0.394 e. The second kappa shape index (κ2) is 6.74. The lowest BCUT2D eigenvalue weighted by Gasteiger charge is -2.34. The van der Waals surface area contributed by atoms with Crippen molar-refractivity contribution in [1.82, 2.24) is 0 Å². The molecule has 0 unspecified atom stereocenters. The lowest BCUT2D eigenvalue weighted by molar-refractivity contribution is -0.0662. The molecule has 3 nitrogen and oxygen atoms in total. The van der Waals surface area contributed by atoms with Gasteiger partial charge in [-0.3, -0.25) is 0 Å². The van der Waals surface area contributed by atoms with Crippen LogP contribution in [0, 0.1) is 5.92 Å². The third-order valence-corrected chi connectivity index (χ3v) is 3.10. The van der Waals surface area contributed by atoms with Gasteiger partial charge in [-0.05, 0) is 24.3 Å². The molecule has 1 aliphatic carbocycles. The molecule has 0 saturated heterocycles. The van der Waals surface area contributed by atoms with E-state index in [4.69, 9.17) is 14.6 Å². The number of benzene rings is 1. The Hall–Kier alpha value is -0.900. The predicted molar refractivity (Wildman–Crippen MR) is 65.6 cm³/mol. The fourth-order valence-electron chi connectivity index (χ4n) is 2.08. The van der Waals surface area contributed by atoms with Crippen molar-refractivity contribution in [2.24, 2.45) is 5.92 Å². The monoisotopic (exact) mass is 236 g/mol. The summed E-state index contributed by atoms with van der Waals surface area (Å²) in [6.07, 6.45) is 2.47.